The van der Waals surface area contributed by atoms with Crippen molar-refractivity contribution in [3.8, 4) is 23.8 Å². The first-order chi connectivity index (χ1) is 17.0. The molecule has 1 saturated heterocycles. The van der Waals surface area contributed by atoms with Gasteiger partial charge in [-0.05, 0) is 24.5 Å². The van der Waals surface area contributed by atoms with Gasteiger partial charge in [0.2, 0.25) is 6.79 Å². The number of terminal acetylenes is 1. The highest BCUT2D eigenvalue weighted by atomic mass is 35.5. The van der Waals surface area contributed by atoms with Crippen molar-refractivity contribution < 1.29 is 24.2 Å². The molecule has 2 fully saturated rings. The van der Waals surface area contributed by atoms with Gasteiger partial charge in [-0.3, -0.25) is 0 Å². The summed E-state index contributed by atoms with van der Waals surface area (Å²) in [6.07, 6.45) is 5.23. The van der Waals surface area contributed by atoms with Gasteiger partial charge in [-0.15, -0.1) is 12.3 Å². The number of fused-ring (bicyclic) bond motifs is 5. The number of unbranched alkanes of at least 4 members (excludes halogenated alkanes) is 1. The van der Waals surface area contributed by atoms with Gasteiger partial charge in [0.15, 0.2) is 11.5 Å². The highest BCUT2D eigenvalue weighted by Gasteiger charge is 2.61. The number of aliphatic hydroxyl groups excluding tert-OH is 1. The normalized spacial score (nSPS) is 28.7. The number of epoxide rings is 1. The Morgan fingerprint density at radius 3 is 2.86 bits per heavy atom. The molecule has 1 aromatic carbocycles. The number of oxime groups is 1. The van der Waals surface area contributed by atoms with Gasteiger partial charge in [0.25, 0.3) is 0 Å². The van der Waals surface area contributed by atoms with Crippen molar-refractivity contribution in [1.29, 1.82) is 0 Å². The SMILES string of the molecule is C#CCCCO/N=C1/[C@H]2CCn3c(=O)n(Cc4cc5c(cc4Cl)OCO5)c(=O)n3[C@H]2[C@H](O)[C@@H]2O[C@H]12. The standard InChI is InChI=1S/C23H23ClN4O7/c1-2-3-4-7-34-25-17-13-5-6-27-22(30)26(10-12-8-15-16(9-14(12)24)33-11-32-15)23(31)28(27)18(13)19(29)21-20(17)35-21/h1,8-9,13,18-21,29H,3-7,10-11H2/b25-17-/t13-,18-,19+,20-,21+/m1/s1. The first-order valence-electron chi connectivity index (χ1n) is 11.5. The van der Waals surface area contributed by atoms with E-state index in [0.29, 0.717) is 53.7 Å². The molecule has 1 aromatic heterocycles. The first-order valence-corrected chi connectivity index (χ1v) is 11.8. The largest absolute Gasteiger partial charge is 0.454 e. The molecular formula is C23H23ClN4O7. The van der Waals surface area contributed by atoms with Crippen molar-refractivity contribution in [2.75, 3.05) is 13.4 Å². The van der Waals surface area contributed by atoms with Gasteiger partial charge in [-0.1, -0.05) is 16.8 Å². The quantitative estimate of drug-likeness (QED) is 0.267. The van der Waals surface area contributed by atoms with E-state index < -0.39 is 29.6 Å². The minimum Gasteiger partial charge on any atom is -0.454 e. The van der Waals surface area contributed by atoms with Crippen molar-refractivity contribution in [3.05, 3.63) is 43.7 Å². The molecule has 3 aliphatic heterocycles. The lowest BCUT2D eigenvalue weighted by Gasteiger charge is -2.38. The number of aliphatic hydroxyl groups is 1. The summed E-state index contributed by atoms with van der Waals surface area (Å²) < 4.78 is 20.2. The van der Waals surface area contributed by atoms with Gasteiger partial charge in [0.1, 0.15) is 24.9 Å². The second kappa shape index (κ2) is 8.48. The molecule has 5 atom stereocenters. The molecule has 11 nitrogen and oxygen atoms in total. The van der Waals surface area contributed by atoms with E-state index in [2.05, 4.69) is 11.1 Å². The molecule has 35 heavy (non-hydrogen) atoms. The van der Waals surface area contributed by atoms with Crippen molar-refractivity contribution in [3.63, 3.8) is 0 Å². The number of rotatable bonds is 6. The Morgan fingerprint density at radius 2 is 2.06 bits per heavy atom. The molecule has 184 valence electrons. The average Bonchev–Trinajstić information content (AvgIpc) is 3.47. The van der Waals surface area contributed by atoms with Gasteiger partial charge in [0.05, 0.1) is 18.3 Å². The summed E-state index contributed by atoms with van der Waals surface area (Å²) in [7, 11) is 0. The Morgan fingerprint density at radius 1 is 1.26 bits per heavy atom. The zero-order valence-corrected chi connectivity index (χ0v) is 19.4. The number of nitrogens with zero attached hydrogens (tertiary/aromatic N) is 4. The van der Waals surface area contributed by atoms with Gasteiger partial charge < -0.3 is 24.2 Å². The summed E-state index contributed by atoms with van der Waals surface area (Å²) in [6.45, 7) is 0.691. The lowest BCUT2D eigenvalue weighted by atomic mass is 9.78. The highest BCUT2D eigenvalue weighted by molar-refractivity contribution is 6.31. The minimum absolute atomic E-state index is 0.0462. The fourth-order valence-electron chi connectivity index (χ4n) is 5.23. The van der Waals surface area contributed by atoms with Crippen LogP contribution < -0.4 is 20.9 Å². The molecule has 1 N–H and O–H groups in total. The number of aromatic nitrogens is 3. The van der Waals surface area contributed by atoms with E-state index >= 15 is 0 Å². The molecular weight excluding hydrogens is 480 g/mol. The van der Waals surface area contributed by atoms with E-state index in [9.17, 15) is 14.7 Å². The van der Waals surface area contributed by atoms with Gasteiger partial charge in [0, 0.05) is 30.0 Å². The molecule has 1 aliphatic carbocycles. The summed E-state index contributed by atoms with van der Waals surface area (Å²) in [5.74, 6) is 3.27. The molecule has 0 bridgehead atoms. The molecule has 0 unspecified atom stereocenters. The number of halogens is 1. The molecule has 0 spiro atoms. The maximum atomic E-state index is 13.5. The van der Waals surface area contributed by atoms with Gasteiger partial charge in [-0.25, -0.2) is 23.5 Å². The summed E-state index contributed by atoms with van der Waals surface area (Å²) >= 11 is 6.38. The fourth-order valence-corrected chi connectivity index (χ4v) is 5.45. The molecule has 4 heterocycles. The number of hydrogen-bond acceptors (Lipinski definition) is 8. The number of benzene rings is 1. The van der Waals surface area contributed by atoms with Gasteiger partial charge in [-0.2, -0.15) is 0 Å². The second-order valence-corrected chi connectivity index (χ2v) is 9.38. The van der Waals surface area contributed by atoms with Crippen LogP contribution in [-0.2, 0) is 22.7 Å². The Kier molecular flexibility index (Phi) is 5.40. The third kappa shape index (κ3) is 3.55. The average molecular weight is 503 g/mol. The Balaban J connectivity index is 1.33. The molecule has 0 amide bonds. The zero-order valence-electron chi connectivity index (χ0n) is 18.6. The van der Waals surface area contributed by atoms with Crippen LogP contribution in [0.2, 0.25) is 5.02 Å². The van der Waals surface area contributed by atoms with Gasteiger partial charge >= 0.3 is 11.4 Å². The summed E-state index contributed by atoms with van der Waals surface area (Å²) in [4.78, 5) is 32.2. The Labute approximate surface area is 204 Å². The number of ether oxygens (including phenoxy) is 3. The van der Waals surface area contributed by atoms with Crippen molar-refractivity contribution >= 4 is 17.3 Å². The lowest BCUT2D eigenvalue weighted by molar-refractivity contribution is 0.0323. The highest BCUT2D eigenvalue weighted by Crippen LogP contribution is 2.46. The molecule has 4 aliphatic rings. The molecule has 6 rings (SSSR count). The first kappa shape index (κ1) is 22.3. The summed E-state index contributed by atoms with van der Waals surface area (Å²) in [6, 6.07) is 2.57. The van der Waals surface area contributed by atoms with E-state index in [1.165, 1.54) is 9.36 Å². The third-order valence-corrected chi connectivity index (χ3v) is 7.32. The van der Waals surface area contributed by atoms with Crippen molar-refractivity contribution in [2.24, 2.45) is 11.1 Å². The van der Waals surface area contributed by atoms with Crippen LogP contribution in [0.5, 0.6) is 11.5 Å². The van der Waals surface area contributed by atoms with Crippen LogP contribution in [-0.4, -0.2) is 56.5 Å². The topological polar surface area (TPSA) is 122 Å². The van der Waals surface area contributed by atoms with Crippen LogP contribution in [0, 0.1) is 18.3 Å². The van der Waals surface area contributed by atoms with Crippen LogP contribution in [0.1, 0.15) is 30.9 Å². The van der Waals surface area contributed by atoms with Crippen molar-refractivity contribution in [1.82, 2.24) is 13.9 Å². The molecule has 1 saturated carbocycles. The molecule has 0 radical (unpaired) electrons. The molecule has 2 aromatic rings. The zero-order chi connectivity index (χ0) is 24.3. The Hall–Kier alpha value is -3.20. The van der Waals surface area contributed by atoms with Crippen LogP contribution in [0.4, 0.5) is 0 Å². The minimum atomic E-state index is -0.959. The predicted molar refractivity (Wildman–Crippen MR) is 123 cm³/mol. The van der Waals surface area contributed by atoms with Crippen LogP contribution in [0.3, 0.4) is 0 Å². The molecule has 12 heteroatoms. The Bertz CT molecular complexity index is 1370. The van der Waals surface area contributed by atoms with E-state index in [0.717, 1.165) is 4.57 Å². The van der Waals surface area contributed by atoms with E-state index in [1.807, 2.05) is 0 Å². The van der Waals surface area contributed by atoms with E-state index in [1.54, 1.807) is 12.1 Å². The maximum Gasteiger partial charge on any atom is 0.347 e. The van der Waals surface area contributed by atoms with E-state index in [4.69, 9.17) is 37.1 Å². The summed E-state index contributed by atoms with van der Waals surface area (Å²) in [5.41, 5.74) is 0.193. The van der Waals surface area contributed by atoms with Crippen LogP contribution in [0.25, 0.3) is 0 Å². The monoisotopic (exact) mass is 502 g/mol. The van der Waals surface area contributed by atoms with E-state index in [-0.39, 0.29) is 31.9 Å². The second-order valence-electron chi connectivity index (χ2n) is 8.97. The predicted octanol–water partition coefficient (Wildman–Crippen LogP) is 0.731. The van der Waals surface area contributed by atoms with Crippen LogP contribution >= 0.6 is 11.6 Å². The lowest BCUT2D eigenvalue weighted by Crippen LogP contribution is -2.53. The third-order valence-electron chi connectivity index (χ3n) is 6.97. The smallest absolute Gasteiger partial charge is 0.347 e. The summed E-state index contributed by atoms with van der Waals surface area (Å²) in [5, 5.41) is 15.7. The fraction of sp³-hybridized carbons (Fsp3) is 0.522. The van der Waals surface area contributed by atoms with Crippen molar-refractivity contribution in [2.45, 2.75) is 56.7 Å². The maximum absolute atomic E-state index is 13.5. The number of hydrogen-bond donors (Lipinski definition) is 1. The van der Waals surface area contributed by atoms with Crippen LogP contribution in [0.15, 0.2) is 26.9 Å².